The largest absolute Gasteiger partial charge is 0.497 e. The first kappa shape index (κ1) is 28.0. The van der Waals surface area contributed by atoms with Crippen LogP contribution in [0.3, 0.4) is 0 Å². The number of benzene rings is 4. The monoisotopic (exact) mass is 555 g/mol. The van der Waals surface area contributed by atoms with Crippen LogP contribution in [0.1, 0.15) is 33.8 Å². The van der Waals surface area contributed by atoms with Crippen molar-refractivity contribution in [3.8, 4) is 11.5 Å². The van der Waals surface area contributed by atoms with Gasteiger partial charge >= 0.3 is 12.1 Å². The summed E-state index contributed by atoms with van der Waals surface area (Å²) in [5.74, 6) is 0.953. The van der Waals surface area contributed by atoms with Crippen LogP contribution >= 0.6 is 0 Å². The number of hydrogen-bond acceptors (Lipinski definition) is 6. The van der Waals surface area contributed by atoms with Crippen LogP contribution in [0.4, 0.5) is 4.79 Å². The average Bonchev–Trinajstić information content (AvgIpc) is 3.02. The Bertz CT molecular complexity index is 1470. The van der Waals surface area contributed by atoms with Crippen molar-refractivity contribution in [2.75, 3.05) is 33.4 Å². The number of ether oxygens (including phenoxy) is 4. The van der Waals surface area contributed by atoms with Crippen molar-refractivity contribution in [2.45, 2.75) is 25.0 Å². The Morgan fingerprint density at radius 2 is 1.61 bits per heavy atom. The molecule has 1 N–H and O–H groups in total. The van der Waals surface area contributed by atoms with Gasteiger partial charge < -0.3 is 29.0 Å². The molecule has 0 spiro atoms. The van der Waals surface area contributed by atoms with E-state index in [-0.39, 0.29) is 25.2 Å². The molecular formula is C33H33NO7. The Morgan fingerprint density at radius 1 is 0.878 bits per heavy atom. The predicted octanol–water partition coefficient (Wildman–Crippen LogP) is 6.14. The van der Waals surface area contributed by atoms with Crippen LogP contribution in [0.25, 0.3) is 10.8 Å². The number of hydrogen-bond donors (Lipinski definition) is 1. The molecule has 1 fully saturated rings. The zero-order valence-corrected chi connectivity index (χ0v) is 22.9. The molecule has 2 unspecified atom stereocenters. The number of carbonyl (C=O) groups excluding carboxylic acids is 1. The third-order valence-electron chi connectivity index (χ3n) is 7.33. The molecule has 1 saturated heterocycles. The van der Waals surface area contributed by atoms with Crippen molar-refractivity contribution in [1.82, 2.24) is 4.90 Å². The Morgan fingerprint density at radius 3 is 2.34 bits per heavy atom. The number of carboxylic acid groups (broad SMARTS) is 1. The summed E-state index contributed by atoms with van der Waals surface area (Å²) in [6.45, 7) is 1.50. The zero-order chi connectivity index (χ0) is 28.6. The molecule has 212 valence electrons. The van der Waals surface area contributed by atoms with Gasteiger partial charge in [0.15, 0.2) is 0 Å². The van der Waals surface area contributed by atoms with Crippen LogP contribution in [0, 0.1) is 0 Å². The second kappa shape index (κ2) is 13.2. The highest BCUT2D eigenvalue weighted by atomic mass is 16.6. The fourth-order valence-electron chi connectivity index (χ4n) is 5.09. The number of likely N-dealkylation sites (tertiary alicyclic amines) is 1. The topological polar surface area (TPSA) is 94.5 Å². The molecule has 1 heterocycles. The fraction of sp³-hybridized carbons (Fsp3) is 0.273. The molecule has 8 heteroatoms. The molecule has 4 aromatic carbocycles. The molecule has 1 aliphatic heterocycles. The summed E-state index contributed by atoms with van der Waals surface area (Å²) in [5, 5.41) is 11.9. The zero-order valence-electron chi connectivity index (χ0n) is 22.9. The van der Waals surface area contributed by atoms with Gasteiger partial charge in [-0.15, -0.1) is 0 Å². The molecule has 0 aliphatic carbocycles. The highest BCUT2D eigenvalue weighted by Crippen LogP contribution is 2.32. The quantitative estimate of drug-likeness (QED) is 0.186. The maximum absolute atomic E-state index is 12.2. The molecule has 0 saturated carbocycles. The van der Waals surface area contributed by atoms with Gasteiger partial charge in [-0.3, -0.25) is 0 Å². The van der Waals surface area contributed by atoms with Crippen LogP contribution in [0.15, 0.2) is 91.0 Å². The number of nitrogens with zero attached hydrogens (tertiary/aromatic N) is 1. The number of methoxy groups -OCH3 is 1. The van der Waals surface area contributed by atoms with Gasteiger partial charge in [0.2, 0.25) is 0 Å². The van der Waals surface area contributed by atoms with Crippen molar-refractivity contribution in [3.63, 3.8) is 0 Å². The molecule has 4 aromatic rings. The Kier molecular flexibility index (Phi) is 9.01. The van der Waals surface area contributed by atoms with Crippen LogP contribution in [-0.2, 0) is 16.1 Å². The molecule has 0 radical (unpaired) electrons. The SMILES string of the molecule is COc1ccc(C(=O)OCCOc2ccc(C3CCN(C(=O)O)CC3OCc3ccc4ccccc4c3)cc2)cc1. The van der Waals surface area contributed by atoms with Gasteiger partial charge in [-0.05, 0) is 70.8 Å². The van der Waals surface area contributed by atoms with Crippen LogP contribution in [0.2, 0.25) is 0 Å². The Balaban J connectivity index is 1.16. The van der Waals surface area contributed by atoms with Crippen LogP contribution < -0.4 is 9.47 Å². The number of fused-ring (bicyclic) bond motifs is 1. The summed E-state index contributed by atoms with van der Waals surface area (Å²) >= 11 is 0. The standard InChI is InChI=1S/C33H33NO7/c1-38-28-12-10-26(11-13-28)32(35)40-19-18-39-29-14-8-25(9-15-29)30-16-17-34(33(36)37)21-31(30)41-22-23-6-7-24-4-2-3-5-27(24)20-23/h2-15,20,30-31H,16-19,21-22H2,1H3,(H,36,37). The van der Waals surface area contributed by atoms with Crippen LogP contribution in [0.5, 0.6) is 11.5 Å². The van der Waals surface area contributed by atoms with Crippen molar-refractivity contribution in [3.05, 3.63) is 108 Å². The average molecular weight is 556 g/mol. The molecule has 8 nitrogen and oxygen atoms in total. The molecule has 0 bridgehead atoms. The van der Waals surface area contributed by atoms with E-state index in [0.717, 1.165) is 16.5 Å². The number of rotatable bonds is 10. The molecule has 5 rings (SSSR count). The first-order chi connectivity index (χ1) is 20.0. The van der Waals surface area contributed by atoms with Crippen molar-refractivity contribution < 1.29 is 33.6 Å². The van der Waals surface area contributed by atoms with E-state index in [1.165, 1.54) is 10.3 Å². The summed E-state index contributed by atoms with van der Waals surface area (Å²) in [6.07, 6.45) is -0.550. The van der Waals surface area contributed by atoms with E-state index in [0.29, 0.717) is 43.2 Å². The summed E-state index contributed by atoms with van der Waals surface area (Å²) in [5.41, 5.74) is 2.56. The first-order valence-electron chi connectivity index (χ1n) is 13.6. The Hall–Kier alpha value is -4.56. The summed E-state index contributed by atoms with van der Waals surface area (Å²) in [6, 6.07) is 28.9. The second-order valence-electron chi connectivity index (χ2n) is 9.94. The van der Waals surface area contributed by atoms with Gasteiger partial charge in [-0.2, -0.15) is 0 Å². The van der Waals surface area contributed by atoms with Gasteiger partial charge in [0, 0.05) is 12.5 Å². The number of amides is 1. The smallest absolute Gasteiger partial charge is 0.407 e. The molecule has 2 atom stereocenters. The predicted molar refractivity (Wildman–Crippen MR) is 155 cm³/mol. The van der Waals surface area contributed by atoms with E-state index in [4.69, 9.17) is 18.9 Å². The van der Waals surface area contributed by atoms with Gasteiger partial charge in [-0.1, -0.05) is 48.5 Å². The van der Waals surface area contributed by atoms with E-state index < -0.39 is 12.1 Å². The van der Waals surface area contributed by atoms with Crippen molar-refractivity contribution in [2.24, 2.45) is 0 Å². The maximum Gasteiger partial charge on any atom is 0.407 e. The van der Waals surface area contributed by atoms with Gasteiger partial charge in [0.05, 0.1) is 31.9 Å². The summed E-state index contributed by atoms with van der Waals surface area (Å²) in [7, 11) is 1.57. The fourth-order valence-corrected chi connectivity index (χ4v) is 5.09. The van der Waals surface area contributed by atoms with Gasteiger partial charge in [0.1, 0.15) is 24.7 Å². The maximum atomic E-state index is 12.2. The molecule has 41 heavy (non-hydrogen) atoms. The molecule has 0 aromatic heterocycles. The van der Waals surface area contributed by atoms with E-state index in [9.17, 15) is 14.7 Å². The summed E-state index contributed by atoms with van der Waals surface area (Å²) < 4.78 is 22.5. The Labute approximate surface area is 239 Å². The highest BCUT2D eigenvalue weighted by Gasteiger charge is 2.33. The van der Waals surface area contributed by atoms with Gasteiger partial charge in [0.25, 0.3) is 0 Å². The van der Waals surface area contributed by atoms with Gasteiger partial charge in [-0.25, -0.2) is 9.59 Å². The van der Waals surface area contributed by atoms with E-state index in [2.05, 4.69) is 30.3 Å². The van der Waals surface area contributed by atoms with E-state index >= 15 is 0 Å². The summed E-state index contributed by atoms with van der Waals surface area (Å²) in [4.78, 5) is 25.3. The van der Waals surface area contributed by atoms with E-state index in [1.807, 2.05) is 36.4 Å². The number of piperidine rings is 1. The second-order valence-corrected chi connectivity index (χ2v) is 9.94. The number of carbonyl (C=O) groups is 2. The van der Waals surface area contributed by atoms with Crippen LogP contribution in [-0.4, -0.2) is 61.6 Å². The molecule has 1 amide bonds. The van der Waals surface area contributed by atoms with E-state index in [1.54, 1.807) is 31.4 Å². The molecular weight excluding hydrogens is 522 g/mol. The third kappa shape index (κ3) is 7.15. The lowest BCUT2D eigenvalue weighted by atomic mass is 9.87. The minimum Gasteiger partial charge on any atom is -0.497 e. The van der Waals surface area contributed by atoms with Crippen molar-refractivity contribution in [1.29, 1.82) is 0 Å². The lowest BCUT2D eigenvalue weighted by Crippen LogP contribution is -2.46. The van der Waals surface area contributed by atoms with Crippen molar-refractivity contribution >= 4 is 22.8 Å². The normalized spacial score (nSPS) is 16.8. The first-order valence-corrected chi connectivity index (χ1v) is 13.6. The number of esters is 1. The minimum absolute atomic E-state index is 0.0468. The lowest BCUT2D eigenvalue weighted by Gasteiger charge is -2.37. The lowest BCUT2D eigenvalue weighted by molar-refractivity contribution is -0.0199. The molecule has 1 aliphatic rings. The third-order valence-corrected chi connectivity index (χ3v) is 7.33. The minimum atomic E-state index is -0.931. The highest BCUT2D eigenvalue weighted by molar-refractivity contribution is 5.89.